The van der Waals surface area contributed by atoms with E-state index in [1.54, 1.807) is 7.11 Å². The summed E-state index contributed by atoms with van der Waals surface area (Å²) in [5, 5.41) is 13.1. The standard InChI is InChI=1S/C17H29NO3.ClH/c1-12(2)18-10-13(19)11-21-16-8-7-14(20-6)9-15(16)17(3,4)5;/h7-9,12-13,18-19H,10-11H2,1-6H3;1H. The second-order valence-electron chi connectivity index (χ2n) is 6.64. The molecule has 0 bridgehead atoms. The van der Waals surface area contributed by atoms with Gasteiger partial charge in [-0.15, -0.1) is 12.4 Å². The van der Waals surface area contributed by atoms with E-state index in [4.69, 9.17) is 9.47 Å². The van der Waals surface area contributed by atoms with E-state index in [0.717, 1.165) is 17.1 Å². The van der Waals surface area contributed by atoms with Crippen molar-refractivity contribution in [3.63, 3.8) is 0 Å². The Kier molecular flexibility index (Phi) is 8.83. The first-order valence-electron chi connectivity index (χ1n) is 7.46. The molecule has 0 aliphatic rings. The molecule has 0 heterocycles. The van der Waals surface area contributed by atoms with Crippen molar-refractivity contribution in [3.8, 4) is 11.5 Å². The highest BCUT2D eigenvalue weighted by Crippen LogP contribution is 2.34. The van der Waals surface area contributed by atoms with Crippen LogP contribution < -0.4 is 14.8 Å². The summed E-state index contributed by atoms with van der Waals surface area (Å²) in [6.07, 6.45) is -0.526. The van der Waals surface area contributed by atoms with Crippen molar-refractivity contribution in [2.24, 2.45) is 0 Å². The highest BCUT2D eigenvalue weighted by atomic mass is 35.5. The number of nitrogens with one attached hydrogen (secondary N) is 1. The minimum atomic E-state index is -0.526. The molecule has 0 aromatic heterocycles. The van der Waals surface area contributed by atoms with Crippen LogP contribution in [-0.2, 0) is 5.41 Å². The Hall–Kier alpha value is -0.970. The van der Waals surface area contributed by atoms with Crippen LogP contribution in [0.5, 0.6) is 11.5 Å². The summed E-state index contributed by atoms with van der Waals surface area (Å²) in [6, 6.07) is 6.13. The van der Waals surface area contributed by atoms with Crippen molar-refractivity contribution in [1.82, 2.24) is 5.32 Å². The molecule has 0 spiro atoms. The summed E-state index contributed by atoms with van der Waals surface area (Å²) in [5.74, 6) is 1.61. The van der Waals surface area contributed by atoms with Gasteiger partial charge in [-0.3, -0.25) is 0 Å². The maximum atomic E-state index is 9.94. The van der Waals surface area contributed by atoms with Crippen LogP contribution in [0, 0.1) is 0 Å². The van der Waals surface area contributed by atoms with Crippen LogP contribution in [0.1, 0.15) is 40.2 Å². The molecule has 1 aromatic rings. The van der Waals surface area contributed by atoms with Crippen LogP contribution in [0.2, 0.25) is 0 Å². The molecule has 0 saturated carbocycles. The molecule has 0 radical (unpaired) electrons. The SMILES string of the molecule is COc1ccc(OCC(O)CNC(C)C)c(C(C)(C)C)c1.Cl. The van der Waals surface area contributed by atoms with E-state index in [0.29, 0.717) is 12.6 Å². The van der Waals surface area contributed by atoms with Crippen LogP contribution in [0.15, 0.2) is 18.2 Å². The van der Waals surface area contributed by atoms with Gasteiger partial charge in [-0.05, 0) is 23.6 Å². The maximum Gasteiger partial charge on any atom is 0.123 e. The fourth-order valence-electron chi connectivity index (χ4n) is 1.96. The Labute approximate surface area is 140 Å². The molecule has 2 N–H and O–H groups in total. The Morgan fingerprint density at radius 2 is 1.86 bits per heavy atom. The number of benzene rings is 1. The first-order valence-corrected chi connectivity index (χ1v) is 7.46. The van der Waals surface area contributed by atoms with E-state index in [2.05, 4.69) is 39.9 Å². The summed E-state index contributed by atoms with van der Waals surface area (Å²) < 4.78 is 11.1. The van der Waals surface area contributed by atoms with Crippen molar-refractivity contribution in [1.29, 1.82) is 0 Å². The number of rotatable bonds is 7. The molecular formula is C17H30ClNO3. The fourth-order valence-corrected chi connectivity index (χ4v) is 1.96. The smallest absolute Gasteiger partial charge is 0.123 e. The van der Waals surface area contributed by atoms with Crippen LogP contribution in [-0.4, -0.2) is 37.5 Å². The lowest BCUT2D eigenvalue weighted by Gasteiger charge is -2.24. The first kappa shape index (κ1) is 21.0. The lowest BCUT2D eigenvalue weighted by molar-refractivity contribution is 0.103. The lowest BCUT2D eigenvalue weighted by Crippen LogP contribution is -2.35. The number of hydrogen-bond donors (Lipinski definition) is 2. The summed E-state index contributed by atoms with van der Waals surface area (Å²) in [4.78, 5) is 0. The zero-order chi connectivity index (χ0) is 16.0. The number of ether oxygens (including phenoxy) is 2. The number of methoxy groups -OCH3 is 1. The third kappa shape index (κ3) is 6.86. The predicted molar refractivity (Wildman–Crippen MR) is 93.6 cm³/mol. The molecule has 4 nitrogen and oxygen atoms in total. The summed E-state index contributed by atoms with van der Waals surface area (Å²) in [5.41, 5.74) is 1.02. The predicted octanol–water partition coefficient (Wildman–Crippen LogP) is 3.15. The zero-order valence-corrected chi connectivity index (χ0v) is 15.3. The third-order valence-corrected chi connectivity index (χ3v) is 3.19. The van der Waals surface area contributed by atoms with Gasteiger partial charge in [-0.25, -0.2) is 0 Å². The number of hydrogen-bond acceptors (Lipinski definition) is 4. The van der Waals surface area contributed by atoms with E-state index < -0.39 is 6.10 Å². The third-order valence-electron chi connectivity index (χ3n) is 3.19. The normalized spacial score (nSPS) is 12.7. The van der Waals surface area contributed by atoms with Gasteiger partial charge >= 0.3 is 0 Å². The van der Waals surface area contributed by atoms with Gasteiger partial charge < -0.3 is 19.9 Å². The van der Waals surface area contributed by atoms with Crippen LogP contribution in [0.3, 0.4) is 0 Å². The van der Waals surface area contributed by atoms with Gasteiger partial charge in [0.25, 0.3) is 0 Å². The molecule has 1 atom stereocenters. The first-order chi connectivity index (χ1) is 9.74. The molecule has 22 heavy (non-hydrogen) atoms. The topological polar surface area (TPSA) is 50.7 Å². The van der Waals surface area contributed by atoms with Crippen molar-refractivity contribution in [3.05, 3.63) is 23.8 Å². The van der Waals surface area contributed by atoms with Crippen molar-refractivity contribution < 1.29 is 14.6 Å². The molecule has 0 amide bonds. The average Bonchev–Trinajstić information content (AvgIpc) is 2.41. The summed E-state index contributed by atoms with van der Waals surface area (Å²) >= 11 is 0. The Bertz CT molecular complexity index is 444. The van der Waals surface area contributed by atoms with Crippen LogP contribution in [0.4, 0.5) is 0 Å². The number of aliphatic hydroxyl groups is 1. The van der Waals surface area contributed by atoms with Gasteiger partial charge in [0.1, 0.15) is 24.2 Å². The second kappa shape index (κ2) is 9.23. The van der Waals surface area contributed by atoms with Crippen molar-refractivity contribution in [2.75, 3.05) is 20.3 Å². The summed E-state index contributed by atoms with van der Waals surface area (Å²) in [7, 11) is 1.66. The maximum absolute atomic E-state index is 9.94. The van der Waals surface area contributed by atoms with Crippen LogP contribution in [0.25, 0.3) is 0 Å². The van der Waals surface area contributed by atoms with E-state index in [1.807, 2.05) is 18.2 Å². The number of aliphatic hydroxyl groups excluding tert-OH is 1. The van der Waals surface area contributed by atoms with E-state index in [9.17, 15) is 5.11 Å². The molecule has 0 aliphatic heterocycles. The molecule has 1 rings (SSSR count). The minimum absolute atomic E-state index is 0. The molecule has 0 aliphatic carbocycles. The fraction of sp³-hybridized carbons (Fsp3) is 0.647. The Balaban J connectivity index is 0.00000441. The summed E-state index contributed by atoms with van der Waals surface area (Å²) in [6.45, 7) is 11.3. The molecule has 1 unspecified atom stereocenters. The monoisotopic (exact) mass is 331 g/mol. The molecule has 0 fully saturated rings. The number of halogens is 1. The zero-order valence-electron chi connectivity index (χ0n) is 14.5. The average molecular weight is 332 g/mol. The van der Waals surface area contributed by atoms with Gasteiger partial charge in [0.2, 0.25) is 0 Å². The second-order valence-corrected chi connectivity index (χ2v) is 6.64. The molecular weight excluding hydrogens is 302 g/mol. The highest BCUT2D eigenvalue weighted by molar-refractivity contribution is 5.85. The largest absolute Gasteiger partial charge is 0.497 e. The van der Waals surface area contributed by atoms with Crippen molar-refractivity contribution >= 4 is 12.4 Å². The van der Waals surface area contributed by atoms with E-state index >= 15 is 0 Å². The molecule has 0 saturated heterocycles. The van der Waals surface area contributed by atoms with Gasteiger partial charge in [0, 0.05) is 18.2 Å². The lowest BCUT2D eigenvalue weighted by atomic mass is 9.86. The van der Waals surface area contributed by atoms with Crippen LogP contribution >= 0.6 is 12.4 Å². The molecule has 128 valence electrons. The highest BCUT2D eigenvalue weighted by Gasteiger charge is 2.20. The van der Waals surface area contributed by atoms with Crippen molar-refractivity contribution in [2.45, 2.75) is 52.2 Å². The quantitative estimate of drug-likeness (QED) is 0.806. The van der Waals surface area contributed by atoms with Gasteiger partial charge in [0.15, 0.2) is 0 Å². The Morgan fingerprint density at radius 1 is 1.23 bits per heavy atom. The van der Waals surface area contributed by atoms with Gasteiger partial charge in [-0.1, -0.05) is 34.6 Å². The van der Waals surface area contributed by atoms with E-state index in [1.165, 1.54) is 0 Å². The van der Waals surface area contributed by atoms with E-state index in [-0.39, 0.29) is 24.4 Å². The molecule has 1 aromatic carbocycles. The molecule has 5 heteroatoms. The Morgan fingerprint density at radius 3 is 2.36 bits per heavy atom. The van der Waals surface area contributed by atoms with Gasteiger partial charge in [0.05, 0.1) is 7.11 Å². The minimum Gasteiger partial charge on any atom is -0.497 e. The van der Waals surface area contributed by atoms with Gasteiger partial charge in [-0.2, -0.15) is 0 Å².